The molecule has 0 amide bonds. The van der Waals surface area contributed by atoms with Crippen molar-refractivity contribution >= 4 is 51.6 Å². The lowest BCUT2D eigenvalue weighted by atomic mass is 10.0. The third kappa shape index (κ3) is 4.42. The standard InChI is InChI=1S/C21H14ClF4N5S/c1-32-31-17-8-12(9-27-19(17)21(24,25)26)11-5-6-15-13(7-11)20(29-10-28-15)30-16-4-2-3-14(22)18(16)23/h2-10,31H,1H3,(H,28,29,30). The van der Waals surface area contributed by atoms with E-state index in [9.17, 15) is 17.6 Å². The predicted molar refractivity (Wildman–Crippen MR) is 120 cm³/mol. The van der Waals surface area contributed by atoms with Crippen molar-refractivity contribution in [3.63, 3.8) is 0 Å². The molecule has 0 unspecified atom stereocenters. The molecule has 4 aromatic rings. The van der Waals surface area contributed by atoms with Crippen molar-refractivity contribution in [2.24, 2.45) is 0 Å². The molecule has 0 atom stereocenters. The lowest BCUT2D eigenvalue weighted by Gasteiger charge is -2.14. The molecular formula is C21H14ClF4N5S. The summed E-state index contributed by atoms with van der Waals surface area (Å²) in [5, 5.41) is 3.41. The second kappa shape index (κ2) is 8.79. The Bertz CT molecular complexity index is 1300. The highest BCUT2D eigenvalue weighted by Gasteiger charge is 2.35. The first-order chi connectivity index (χ1) is 15.3. The molecule has 0 aliphatic rings. The van der Waals surface area contributed by atoms with E-state index in [4.69, 9.17) is 11.6 Å². The van der Waals surface area contributed by atoms with Crippen LogP contribution in [0.25, 0.3) is 22.0 Å². The zero-order valence-corrected chi connectivity index (χ0v) is 17.9. The van der Waals surface area contributed by atoms with Gasteiger partial charge in [0.05, 0.1) is 21.9 Å². The number of aromatic nitrogens is 3. The van der Waals surface area contributed by atoms with Crippen molar-refractivity contribution in [2.45, 2.75) is 6.18 Å². The van der Waals surface area contributed by atoms with Crippen LogP contribution in [0.4, 0.5) is 34.8 Å². The van der Waals surface area contributed by atoms with Gasteiger partial charge in [0.15, 0.2) is 11.5 Å². The van der Waals surface area contributed by atoms with E-state index in [2.05, 4.69) is 25.0 Å². The van der Waals surface area contributed by atoms with Gasteiger partial charge >= 0.3 is 6.18 Å². The summed E-state index contributed by atoms with van der Waals surface area (Å²) in [5.74, 6) is -0.308. The Morgan fingerprint density at radius 1 is 0.969 bits per heavy atom. The third-order valence-electron chi connectivity index (χ3n) is 4.54. The number of halogens is 5. The van der Waals surface area contributed by atoms with Gasteiger partial charge in [-0.1, -0.05) is 35.7 Å². The number of rotatable bonds is 5. The van der Waals surface area contributed by atoms with Crippen molar-refractivity contribution in [3.8, 4) is 11.1 Å². The number of pyridine rings is 1. The molecule has 0 bridgehead atoms. The molecule has 4 rings (SSSR count). The first-order valence-electron chi connectivity index (χ1n) is 9.10. The quantitative estimate of drug-likeness (QED) is 0.239. The fourth-order valence-corrected chi connectivity index (χ4v) is 3.65. The molecule has 0 fully saturated rings. The Labute approximate surface area is 189 Å². The van der Waals surface area contributed by atoms with E-state index >= 15 is 0 Å². The van der Waals surface area contributed by atoms with Crippen LogP contribution in [0.5, 0.6) is 0 Å². The topological polar surface area (TPSA) is 62.7 Å². The van der Waals surface area contributed by atoms with Gasteiger partial charge in [-0.3, -0.25) is 0 Å². The van der Waals surface area contributed by atoms with E-state index in [1.54, 1.807) is 30.5 Å². The number of anilines is 3. The summed E-state index contributed by atoms with van der Waals surface area (Å²) < 4.78 is 56.7. The van der Waals surface area contributed by atoms with Crippen molar-refractivity contribution in [1.82, 2.24) is 15.0 Å². The monoisotopic (exact) mass is 479 g/mol. The fraction of sp³-hybridized carbons (Fsp3) is 0.0952. The number of fused-ring (bicyclic) bond motifs is 1. The van der Waals surface area contributed by atoms with Crippen molar-refractivity contribution in [1.29, 1.82) is 0 Å². The molecule has 2 aromatic heterocycles. The van der Waals surface area contributed by atoms with E-state index in [1.807, 2.05) is 0 Å². The Morgan fingerprint density at radius 3 is 2.53 bits per heavy atom. The van der Waals surface area contributed by atoms with E-state index in [-0.39, 0.29) is 16.4 Å². The van der Waals surface area contributed by atoms with Gasteiger partial charge in [0.2, 0.25) is 0 Å². The molecule has 5 nitrogen and oxygen atoms in total. The maximum absolute atomic E-state index is 14.3. The largest absolute Gasteiger partial charge is 0.435 e. The highest BCUT2D eigenvalue weighted by Crippen LogP contribution is 2.37. The molecule has 164 valence electrons. The molecule has 32 heavy (non-hydrogen) atoms. The molecule has 0 saturated carbocycles. The molecule has 0 aliphatic heterocycles. The highest BCUT2D eigenvalue weighted by molar-refractivity contribution is 7.99. The molecule has 0 aliphatic carbocycles. The van der Waals surface area contributed by atoms with Gasteiger partial charge in [-0.2, -0.15) is 13.2 Å². The minimum absolute atomic E-state index is 0.0429. The minimum atomic E-state index is -4.59. The number of hydrogen-bond acceptors (Lipinski definition) is 6. The molecular weight excluding hydrogens is 466 g/mol. The van der Waals surface area contributed by atoms with Crippen LogP contribution in [0.3, 0.4) is 0 Å². The van der Waals surface area contributed by atoms with Crippen LogP contribution in [0, 0.1) is 5.82 Å². The van der Waals surface area contributed by atoms with Gasteiger partial charge in [0.25, 0.3) is 0 Å². The summed E-state index contributed by atoms with van der Waals surface area (Å²) in [6.07, 6.45) is -0.491. The zero-order chi connectivity index (χ0) is 22.9. The smallest absolute Gasteiger partial charge is 0.337 e. The first kappa shape index (κ1) is 22.1. The van der Waals surface area contributed by atoms with Crippen molar-refractivity contribution < 1.29 is 17.6 Å². The normalized spacial score (nSPS) is 11.6. The molecule has 0 saturated heterocycles. The lowest BCUT2D eigenvalue weighted by Crippen LogP contribution is -2.11. The van der Waals surface area contributed by atoms with Gasteiger partial charge in [-0.15, -0.1) is 0 Å². The highest BCUT2D eigenvalue weighted by atomic mass is 35.5. The lowest BCUT2D eigenvalue weighted by molar-refractivity contribution is -0.140. The van der Waals surface area contributed by atoms with E-state index in [0.717, 1.165) is 18.1 Å². The van der Waals surface area contributed by atoms with Crippen LogP contribution < -0.4 is 10.0 Å². The number of nitrogens with one attached hydrogen (secondary N) is 2. The second-order valence-corrected chi connectivity index (χ2v) is 7.62. The summed E-state index contributed by atoms with van der Waals surface area (Å²) >= 11 is 6.88. The third-order valence-corrected chi connectivity index (χ3v) is 5.26. The maximum atomic E-state index is 14.3. The van der Waals surface area contributed by atoms with Gasteiger partial charge in [-0.25, -0.2) is 19.3 Å². The summed E-state index contributed by atoms with van der Waals surface area (Å²) in [5.41, 5.74) is 0.596. The summed E-state index contributed by atoms with van der Waals surface area (Å²) in [7, 11) is 0. The molecule has 0 spiro atoms. The first-order valence-corrected chi connectivity index (χ1v) is 10.7. The average Bonchev–Trinajstić information content (AvgIpc) is 2.76. The molecule has 2 aromatic carbocycles. The summed E-state index contributed by atoms with van der Waals surface area (Å²) in [6, 6.07) is 11.0. The Hall–Kier alpha value is -3.11. The van der Waals surface area contributed by atoms with Crippen LogP contribution in [0.15, 0.2) is 55.0 Å². The van der Waals surface area contributed by atoms with Crippen molar-refractivity contribution in [2.75, 3.05) is 16.3 Å². The predicted octanol–water partition coefficient (Wildman–Crippen LogP) is 6.94. The molecule has 0 radical (unpaired) electrons. The SMILES string of the molecule is CSNc1cc(-c2ccc3ncnc(Nc4cccc(Cl)c4F)c3c2)cnc1C(F)(F)F. The maximum Gasteiger partial charge on any atom is 0.435 e. The van der Waals surface area contributed by atoms with E-state index in [0.29, 0.717) is 27.8 Å². The average molecular weight is 480 g/mol. The van der Waals surface area contributed by atoms with Crippen LogP contribution in [-0.2, 0) is 6.18 Å². The number of nitrogens with zero attached hydrogens (tertiary/aromatic N) is 3. The van der Waals surface area contributed by atoms with Gasteiger partial charge in [-0.05, 0) is 35.9 Å². The van der Waals surface area contributed by atoms with E-state index < -0.39 is 17.7 Å². The zero-order valence-electron chi connectivity index (χ0n) is 16.3. The molecule has 2 N–H and O–H groups in total. The summed E-state index contributed by atoms with van der Waals surface area (Å²) in [6.45, 7) is 0. The van der Waals surface area contributed by atoms with Gasteiger partial charge in [0, 0.05) is 23.4 Å². The van der Waals surface area contributed by atoms with Crippen LogP contribution in [-0.4, -0.2) is 21.2 Å². The van der Waals surface area contributed by atoms with Gasteiger partial charge in [0.1, 0.15) is 12.1 Å². The van der Waals surface area contributed by atoms with Crippen LogP contribution in [0.2, 0.25) is 5.02 Å². The number of benzene rings is 2. The summed E-state index contributed by atoms with van der Waals surface area (Å²) in [4.78, 5) is 12.0. The Balaban J connectivity index is 1.79. The van der Waals surface area contributed by atoms with Gasteiger partial charge < -0.3 is 10.0 Å². The minimum Gasteiger partial charge on any atom is -0.337 e. The number of alkyl halides is 3. The fourth-order valence-electron chi connectivity index (χ4n) is 3.10. The van der Waals surface area contributed by atoms with E-state index in [1.165, 1.54) is 24.5 Å². The van der Waals surface area contributed by atoms with Crippen LogP contribution in [0.1, 0.15) is 5.69 Å². The number of hydrogen-bond donors (Lipinski definition) is 2. The molecule has 11 heteroatoms. The van der Waals surface area contributed by atoms with Crippen molar-refractivity contribution in [3.05, 3.63) is 71.5 Å². The Kier molecular flexibility index (Phi) is 6.07. The molecule has 2 heterocycles. The Morgan fingerprint density at radius 2 is 1.78 bits per heavy atom. The second-order valence-electron chi connectivity index (χ2n) is 6.60. The van der Waals surface area contributed by atoms with Crippen LogP contribution >= 0.6 is 23.5 Å².